The van der Waals surface area contributed by atoms with Gasteiger partial charge in [-0.15, -0.1) is 0 Å². The van der Waals surface area contributed by atoms with E-state index >= 15 is 0 Å². The lowest BCUT2D eigenvalue weighted by atomic mass is 10.1. The van der Waals surface area contributed by atoms with Gasteiger partial charge in [-0.3, -0.25) is 0 Å². The molecule has 0 spiro atoms. The van der Waals surface area contributed by atoms with Gasteiger partial charge in [-0.1, -0.05) is 47.5 Å². The quantitative estimate of drug-likeness (QED) is 0.305. The molecule has 0 amide bonds. The minimum absolute atomic E-state index is 0.269. The lowest BCUT2D eigenvalue weighted by Crippen LogP contribution is -1.99. The number of para-hydroxylation sites is 2. The second-order valence-corrected chi connectivity index (χ2v) is 7.93. The summed E-state index contributed by atoms with van der Waals surface area (Å²) >= 11 is 12.2. The van der Waals surface area contributed by atoms with Gasteiger partial charge in [-0.2, -0.15) is 5.26 Å². The number of fused-ring (bicyclic) bond motifs is 1. The Morgan fingerprint density at radius 2 is 1.91 bits per heavy atom. The van der Waals surface area contributed by atoms with Crippen LogP contribution in [0.15, 0.2) is 60.7 Å². The van der Waals surface area contributed by atoms with Gasteiger partial charge in [-0.05, 0) is 48.0 Å². The smallest absolute Gasteiger partial charge is 0.161 e. The summed E-state index contributed by atoms with van der Waals surface area (Å²) in [5.41, 5.74) is 3.87. The average molecular weight is 464 g/mol. The molecule has 0 N–H and O–H groups in total. The Labute approximate surface area is 196 Å². The first-order valence-electron chi connectivity index (χ1n) is 9.78. The first-order chi connectivity index (χ1) is 15.5. The Hall–Kier alpha value is -3.46. The summed E-state index contributed by atoms with van der Waals surface area (Å²) in [4.78, 5) is 4.61. The molecule has 7 heteroatoms. The van der Waals surface area contributed by atoms with E-state index in [-0.39, 0.29) is 6.61 Å². The van der Waals surface area contributed by atoms with Crippen molar-refractivity contribution in [3.63, 3.8) is 0 Å². The normalized spacial score (nSPS) is 11.4. The monoisotopic (exact) mass is 463 g/mol. The third-order valence-corrected chi connectivity index (χ3v) is 5.63. The molecule has 3 aromatic carbocycles. The van der Waals surface area contributed by atoms with Crippen molar-refractivity contribution in [1.29, 1.82) is 5.26 Å². The topological polar surface area (TPSA) is 60.1 Å². The van der Waals surface area contributed by atoms with Crippen LogP contribution in [0.2, 0.25) is 10.0 Å². The van der Waals surface area contributed by atoms with Crippen LogP contribution in [0.25, 0.3) is 22.7 Å². The Morgan fingerprint density at radius 3 is 2.62 bits per heavy atom. The van der Waals surface area contributed by atoms with Crippen LogP contribution in [0, 0.1) is 11.3 Å². The van der Waals surface area contributed by atoms with Crippen LogP contribution in [0.5, 0.6) is 11.5 Å². The molecule has 0 fully saturated rings. The number of rotatable bonds is 6. The molecule has 1 heterocycles. The van der Waals surface area contributed by atoms with Crippen LogP contribution in [0.1, 0.15) is 17.0 Å². The standard InChI is InChI=1S/C25H19Cl2N3O2/c1-30-22-6-4-3-5-21(22)29-25(30)18(14-28)11-16-7-10-23(24(12-16)31-2)32-15-17-8-9-19(26)13-20(17)27/h3-13H,15H2,1-2H3/b18-11+. The van der Waals surface area contributed by atoms with Crippen molar-refractivity contribution in [2.45, 2.75) is 6.61 Å². The zero-order valence-electron chi connectivity index (χ0n) is 17.5. The fraction of sp³-hybridized carbons (Fsp3) is 0.120. The van der Waals surface area contributed by atoms with Gasteiger partial charge in [0.05, 0.1) is 23.7 Å². The molecule has 0 aliphatic carbocycles. The summed E-state index contributed by atoms with van der Waals surface area (Å²) in [7, 11) is 3.47. The Morgan fingerprint density at radius 1 is 1.09 bits per heavy atom. The summed E-state index contributed by atoms with van der Waals surface area (Å²) in [5, 5.41) is 10.9. The van der Waals surface area contributed by atoms with Crippen molar-refractivity contribution in [3.8, 4) is 17.6 Å². The Balaban J connectivity index is 1.61. The molecule has 0 radical (unpaired) electrons. The van der Waals surface area contributed by atoms with Crippen molar-refractivity contribution >= 4 is 45.9 Å². The number of halogens is 2. The summed E-state index contributed by atoms with van der Waals surface area (Å²) in [5.74, 6) is 1.72. The molecule has 0 unspecified atom stereocenters. The SMILES string of the molecule is COc1cc(/C=C(\C#N)c2nc3ccccc3n2C)ccc1OCc1ccc(Cl)cc1Cl. The molecule has 4 rings (SSSR count). The maximum Gasteiger partial charge on any atom is 0.161 e. The number of benzene rings is 3. The fourth-order valence-corrected chi connectivity index (χ4v) is 3.85. The van der Waals surface area contributed by atoms with Crippen LogP contribution < -0.4 is 9.47 Å². The van der Waals surface area contributed by atoms with Crippen molar-refractivity contribution in [1.82, 2.24) is 9.55 Å². The Bertz CT molecular complexity index is 1370. The molecule has 0 aliphatic rings. The lowest BCUT2D eigenvalue weighted by molar-refractivity contribution is 0.284. The van der Waals surface area contributed by atoms with Gasteiger partial charge in [0.15, 0.2) is 17.3 Å². The van der Waals surface area contributed by atoms with E-state index in [4.69, 9.17) is 32.7 Å². The second-order valence-electron chi connectivity index (χ2n) is 7.09. The third-order valence-electron chi connectivity index (χ3n) is 5.05. The number of hydrogen-bond donors (Lipinski definition) is 0. The van der Waals surface area contributed by atoms with Gasteiger partial charge >= 0.3 is 0 Å². The van der Waals surface area contributed by atoms with Crippen LogP contribution in [0.3, 0.4) is 0 Å². The molecule has 5 nitrogen and oxygen atoms in total. The second kappa shape index (κ2) is 9.35. The number of imidazole rings is 1. The zero-order chi connectivity index (χ0) is 22.7. The summed E-state index contributed by atoms with van der Waals surface area (Å²) in [6, 6.07) is 20.8. The maximum absolute atomic E-state index is 9.78. The minimum atomic E-state index is 0.269. The highest BCUT2D eigenvalue weighted by Gasteiger charge is 2.13. The van der Waals surface area contributed by atoms with Crippen molar-refractivity contribution < 1.29 is 9.47 Å². The van der Waals surface area contributed by atoms with Crippen molar-refractivity contribution in [3.05, 3.63) is 87.7 Å². The molecule has 0 atom stereocenters. The Kier molecular flexibility index (Phi) is 6.36. The molecule has 1 aromatic heterocycles. The summed E-state index contributed by atoms with van der Waals surface area (Å²) < 4.78 is 13.3. The largest absolute Gasteiger partial charge is 0.493 e. The van der Waals surface area contributed by atoms with E-state index in [9.17, 15) is 5.26 Å². The molecular formula is C25H19Cl2N3O2. The van der Waals surface area contributed by atoms with Gasteiger partial charge in [0.1, 0.15) is 12.7 Å². The number of allylic oxidation sites excluding steroid dienone is 1. The molecule has 0 bridgehead atoms. The summed E-state index contributed by atoms with van der Waals surface area (Å²) in [6.07, 6.45) is 1.78. The number of aromatic nitrogens is 2. The third kappa shape index (κ3) is 4.43. The number of nitriles is 1. The van der Waals surface area contributed by atoms with E-state index in [0.29, 0.717) is 32.9 Å². The highest BCUT2D eigenvalue weighted by atomic mass is 35.5. The molecular weight excluding hydrogens is 445 g/mol. The molecule has 0 saturated carbocycles. The highest BCUT2D eigenvalue weighted by molar-refractivity contribution is 6.35. The molecule has 4 aromatic rings. The predicted octanol–water partition coefficient (Wildman–Crippen LogP) is 6.53. The van der Waals surface area contributed by atoms with E-state index < -0.39 is 0 Å². The van der Waals surface area contributed by atoms with Gasteiger partial charge in [0.25, 0.3) is 0 Å². The van der Waals surface area contributed by atoms with Crippen LogP contribution in [-0.4, -0.2) is 16.7 Å². The number of nitrogens with zero attached hydrogens (tertiary/aromatic N) is 3. The molecule has 0 saturated heterocycles. The van der Waals surface area contributed by atoms with E-state index in [1.807, 2.05) is 54.1 Å². The van der Waals surface area contributed by atoms with Crippen molar-refractivity contribution in [2.24, 2.45) is 7.05 Å². The first kappa shape index (κ1) is 21.8. The van der Waals surface area contributed by atoms with Gasteiger partial charge < -0.3 is 14.0 Å². The van der Waals surface area contributed by atoms with E-state index in [1.54, 1.807) is 31.4 Å². The number of hydrogen-bond acceptors (Lipinski definition) is 4. The van der Waals surface area contributed by atoms with Crippen LogP contribution in [-0.2, 0) is 13.7 Å². The van der Waals surface area contributed by atoms with Crippen LogP contribution >= 0.6 is 23.2 Å². The molecule has 0 aliphatic heterocycles. The van der Waals surface area contributed by atoms with E-state index in [2.05, 4.69) is 11.1 Å². The van der Waals surface area contributed by atoms with Crippen molar-refractivity contribution in [2.75, 3.05) is 7.11 Å². The molecule has 160 valence electrons. The number of methoxy groups -OCH3 is 1. The van der Waals surface area contributed by atoms with Gasteiger partial charge in [-0.25, -0.2) is 4.98 Å². The van der Waals surface area contributed by atoms with Gasteiger partial charge in [0.2, 0.25) is 0 Å². The van der Waals surface area contributed by atoms with Crippen LogP contribution in [0.4, 0.5) is 0 Å². The summed E-state index contributed by atoms with van der Waals surface area (Å²) in [6.45, 7) is 0.269. The highest BCUT2D eigenvalue weighted by Crippen LogP contribution is 2.32. The zero-order valence-corrected chi connectivity index (χ0v) is 19.0. The maximum atomic E-state index is 9.78. The van der Waals surface area contributed by atoms with Gasteiger partial charge in [0, 0.05) is 22.7 Å². The predicted molar refractivity (Wildman–Crippen MR) is 128 cm³/mol. The molecule has 32 heavy (non-hydrogen) atoms. The minimum Gasteiger partial charge on any atom is -0.493 e. The lowest BCUT2D eigenvalue weighted by Gasteiger charge is -2.12. The van der Waals surface area contributed by atoms with E-state index in [1.165, 1.54) is 0 Å². The number of aryl methyl sites for hydroxylation is 1. The fourth-order valence-electron chi connectivity index (χ4n) is 3.39. The van der Waals surface area contributed by atoms with E-state index in [0.717, 1.165) is 22.2 Å². The average Bonchev–Trinajstić information content (AvgIpc) is 3.13. The first-order valence-corrected chi connectivity index (χ1v) is 10.5. The number of ether oxygens (including phenoxy) is 2.